The zero-order valence-electron chi connectivity index (χ0n) is 12.7. The first kappa shape index (κ1) is 19.3. The van der Waals surface area contributed by atoms with Gasteiger partial charge >= 0.3 is 23.5 Å². The van der Waals surface area contributed by atoms with Crippen LogP contribution in [0.3, 0.4) is 0 Å². The molecule has 1 aromatic carbocycles. The number of nitrogens with one attached hydrogen (secondary N) is 1. The van der Waals surface area contributed by atoms with E-state index in [9.17, 15) is 27.9 Å². The van der Waals surface area contributed by atoms with E-state index in [0.29, 0.717) is 5.56 Å². The van der Waals surface area contributed by atoms with Crippen molar-refractivity contribution in [3.8, 4) is 0 Å². The Kier molecular flexibility index (Phi) is 5.83. The summed E-state index contributed by atoms with van der Waals surface area (Å²) in [6.45, 7) is 2.44. The number of carbonyl (C=O) groups is 2. The second-order valence-electron chi connectivity index (χ2n) is 4.65. The molecule has 0 aliphatic carbocycles. The number of para-hydroxylation sites is 1. The molecule has 1 amide bonds. The van der Waals surface area contributed by atoms with Gasteiger partial charge in [-0.25, -0.2) is 4.79 Å². The van der Waals surface area contributed by atoms with Crippen molar-refractivity contribution in [2.75, 3.05) is 11.9 Å². The van der Waals surface area contributed by atoms with Gasteiger partial charge in [0.2, 0.25) is 0 Å². The molecule has 0 bridgehead atoms. The molecule has 0 spiro atoms. The zero-order valence-corrected chi connectivity index (χ0v) is 12.7. The number of hydrogen-bond acceptors (Lipinski definition) is 4. The highest BCUT2D eigenvalue weighted by molar-refractivity contribution is 6.43. The van der Waals surface area contributed by atoms with Gasteiger partial charge in [0, 0.05) is 5.69 Å². The summed E-state index contributed by atoms with van der Waals surface area (Å²) >= 11 is 0. The lowest BCUT2D eigenvalue weighted by molar-refractivity contribution is -0.234. The van der Waals surface area contributed by atoms with Crippen LogP contribution in [0.5, 0.6) is 0 Å². The second kappa shape index (κ2) is 7.24. The molecule has 1 unspecified atom stereocenters. The molecule has 2 N–H and O–H groups in total. The summed E-state index contributed by atoms with van der Waals surface area (Å²) in [5, 5.41) is 11.8. The monoisotopic (exact) mass is 345 g/mol. The summed E-state index contributed by atoms with van der Waals surface area (Å²) in [4.78, 5) is 25.7. The summed E-state index contributed by atoms with van der Waals surface area (Å²) in [5.41, 5.74) is 2.85. The van der Waals surface area contributed by atoms with Crippen molar-refractivity contribution in [1.82, 2.24) is 0 Å². The van der Waals surface area contributed by atoms with Gasteiger partial charge in [0.05, 0.1) is 6.61 Å². The Morgan fingerprint density at radius 2 is 1.92 bits per heavy atom. The third kappa shape index (κ3) is 3.61. The van der Waals surface area contributed by atoms with Crippen molar-refractivity contribution in [2.24, 2.45) is 0 Å². The van der Waals surface area contributed by atoms with Crippen molar-refractivity contribution in [1.29, 1.82) is 0 Å². The molecule has 0 aromatic heterocycles. The number of rotatable bonds is 5. The van der Waals surface area contributed by atoms with Gasteiger partial charge < -0.3 is 20.7 Å². The van der Waals surface area contributed by atoms with E-state index in [4.69, 9.17) is 5.53 Å². The SMILES string of the molecule is CCOC(=O)C(=[N+]=[N-])C(O)(C(=O)Nc1ccccc1C)C(F)(F)F. The molecule has 0 radical (unpaired) electrons. The average Bonchev–Trinajstić information content (AvgIpc) is 2.49. The minimum absolute atomic E-state index is 0.0219. The van der Waals surface area contributed by atoms with E-state index in [0.717, 1.165) is 0 Å². The number of halogens is 3. The maximum atomic E-state index is 13.3. The number of nitrogens with zero attached hydrogens (tertiary/aromatic N) is 2. The van der Waals surface area contributed by atoms with Crippen LogP contribution < -0.4 is 5.32 Å². The Morgan fingerprint density at radius 3 is 2.38 bits per heavy atom. The summed E-state index contributed by atoms with van der Waals surface area (Å²) in [7, 11) is 0. The third-order valence-corrected chi connectivity index (χ3v) is 3.04. The zero-order chi connectivity index (χ0) is 18.5. The third-order valence-electron chi connectivity index (χ3n) is 3.04. The van der Waals surface area contributed by atoms with Crippen LogP contribution in [0.15, 0.2) is 24.3 Å². The van der Waals surface area contributed by atoms with Gasteiger partial charge in [-0.15, -0.1) is 0 Å². The Hall–Kier alpha value is -2.71. The second-order valence-corrected chi connectivity index (χ2v) is 4.65. The van der Waals surface area contributed by atoms with Crippen LogP contribution >= 0.6 is 0 Å². The predicted molar refractivity (Wildman–Crippen MR) is 76.1 cm³/mol. The molecule has 130 valence electrons. The highest BCUT2D eigenvalue weighted by atomic mass is 19.4. The average molecular weight is 345 g/mol. The van der Waals surface area contributed by atoms with Crippen LogP contribution in [-0.2, 0) is 14.3 Å². The topological polar surface area (TPSA) is 112 Å². The quantitative estimate of drug-likeness (QED) is 0.364. The lowest BCUT2D eigenvalue weighted by Gasteiger charge is -2.24. The number of alkyl halides is 3. The van der Waals surface area contributed by atoms with Gasteiger partial charge in [-0.05, 0) is 25.5 Å². The number of aliphatic hydroxyl groups is 1. The molecule has 0 aliphatic rings. The van der Waals surface area contributed by atoms with E-state index in [1.807, 2.05) is 5.32 Å². The Labute approximate surface area is 134 Å². The van der Waals surface area contributed by atoms with E-state index in [2.05, 4.69) is 9.53 Å². The first-order valence-corrected chi connectivity index (χ1v) is 6.65. The molecule has 0 heterocycles. The normalized spacial score (nSPS) is 13.4. The Morgan fingerprint density at radius 1 is 1.33 bits per heavy atom. The molecule has 7 nitrogen and oxygen atoms in total. The number of esters is 1. The maximum Gasteiger partial charge on any atom is 0.438 e. The lowest BCUT2D eigenvalue weighted by Crippen LogP contribution is -2.63. The fourth-order valence-electron chi connectivity index (χ4n) is 1.76. The van der Waals surface area contributed by atoms with Crippen LogP contribution in [0.2, 0.25) is 0 Å². The smallest absolute Gasteiger partial charge is 0.438 e. The van der Waals surface area contributed by atoms with Crippen LogP contribution in [0, 0.1) is 6.92 Å². The van der Waals surface area contributed by atoms with E-state index in [-0.39, 0.29) is 12.3 Å². The van der Waals surface area contributed by atoms with Gasteiger partial charge in [0.1, 0.15) is 0 Å². The number of ether oxygens (including phenoxy) is 1. The lowest BCUT2D eigenvalue weighted by atomic mass is 9.95. The highest BCUT2D eigenvalue weighted by Crippen LogP contribution is 2.33. The molecule has 24 heavy (non-hydrogen) atoms. The summed E-state index contributed by atoms with van der Waals surface area (Å²) < 4.78 is 44.1. The number of anilines is 1. The van der Waals surface area contributed by atoms with Gasteiger partial charge in [0.15, 0.2) is 0 Å². The number of amides is 1. The largest absolute Gasteiger partial charge is 0.457 e. The molecule has 0 aliphatic heterocycles. The predicted octanol–water partition coefficient (Wildman–Crippen LogP) is 1.46. The van der Waals surface area contributed by atoms with E-state index in [1.165, 1.54) is 32.0 Å². The standard InChI is InChI=1S/C14H14F3N3O4/c1-3-24-11(21)10(20-18)13(23,14(15,16)17)12(22)19-9-7-5-4-6-8(9)2/h4-7,23H,3H2,1-2H3,(H,19,22). The highest BCUT2D eigenvalue weighted by Gasteiger charge is 2.71. The summed E-state index contributed by atoms with van der Waals surface area (Å²) in [5.74, 6) is -3.79. The molecule has 0 saturated heterocycles. The van der Waals surface area contributed by atoms with E-state index in [1.54, 1.807) is 6.07 Å². The number of benzene rings is 1. The molecule has 0 saturated carbocycles. The van der Waals surface area contributed by atoms with Crippen molar-refractivity contribution in [3.05, 3.63) is 35.4 Å². The first-order valence-electron chi connectivity index (χ1n) is 6.65. The van der Waals surface area contributed by atoms with Crippen LogP contribution in [-0.4, -0.2) is 45.9 Å². The number of aryl methyl sites for hydroxylation is 1. The number of carbonyl (C=O) groups excluding carboxylic acids is 2. The number of hydrogen-bond donors (Lipinski definition) is 2. The van der Waals surface area contributed by atoms with Crippen molar-refractivity contribution in [2.45, 2.75) is 25.6 Å². The Bertz CT molecular complexity index is 699. The van der Waals surface area contributed by atoms with Crippen LogP contribution in [0.25, 0.3) is 5.53 Å². The van der Waals surface area contributed by atoms with E-state index >= 15 is 0 Å². The minimum atomic E-state index is -5.64. The van der Waals surface area contributed by atoms with Crippen LogP contribution in [0.4, 0.5) is 18.9 Å². The molecular weight excluding hydrogens is 331 g/mol. The fraction of sp³-hybridized carbons (Fsp3) is 0.357. The van der Waals surface area contributed by atoms with Gasteiger partial charge in [-0.1, -0.05) is 18.2 Å². The maximum absolute atomic E-state index is 13.3. The van der Waals surface area contributed by atoms with Crippen molar-refractivity contribution >= 4 is 23.3 Å². The molecule has 1 aromatic rings. The minimum Gasteiger partial charge on any atom is -0.457 e. The molecule has 1 atom stereocenters. The van der Waals surface area contributed by atoms with Crippen molar-refractivity contribution in [3.63, 3.8) is 0 Å². The van der Waals surface area contributed by atoms with Gasteiger partial charge in [0.25, 0.3) is 5.91 Å². The van der Waals surface area contributed by atoms with Gasteiger partial charge in [-0.2, -0.15) is 18.0 Å². The Balaban J connectivity index is 3.35. The summed E-state index contributed by atoms with van der Waals surface area (Å²) in [6.07, 6.45) is -5.64. The van der Waals surface area contributed by atoms with E-state index < -0.39 is 29.4 Å². The van der Waals surface area contributed by atoms with Gasteiger partial charge in [-0.3, -0.25) is 4.79 Å². The summed E-state index contributed by atoms with van der Waals surface area (Å²) in [6, 6.07) is 5.83. The van der Waals surface area contributed by atoms with Crippen LogP contribution in [0.1, 0.15) is 12.5 Å². The fourth-order valence-corrected chi connectivity index (χ4v) is 1.76. The molecule has 0 fully saturated rings. The van der Waals surface area contributed by atoms with Crippen molar-refractivity contribution < 1.29 is 37.4 Å². The molecular formula is C14H14F3N3O4. The molecule has 10 heteroatoms. The first-order chi connectivity index (χ1) is 11.1. The molecule has 1 rings (SSSR count).